The lowest BCUT2D eigenvalue weighted by Gasteiger charge is -2.16. The van der Waals surface area contributed by atoms with Crippen molar-refractivity contribution in [1.29, 1.82) is 0 Å². The summed E-state index contributed by atoms with van der Waals surface area (Å²) in [5.41, 5.74) is 1.54. The first-order chi connectivity index (χ1) is 15.0. The van der Waals surface area contributed by atoms with Crippen molar-refractivity contribution >= 4 is 40.7 Å². The van der Waals surface area contributed by atoms with Crippen LogP contribution in [0.25, 0.3) is 0 Å². The van der Waals surface area contributed by atoms with Crippen LogP contribution < -0.4 is 15.0 Å². The molecule has 0 saturated carbocycles. The van der Waals surface area contributed by atoms with E-state index in [0.29, 0.717) is 29.3 Å². The van der Waals surface area contributed by atoms with Gasteiger partial charge in [0.2, 0.25) is 0 Å². The number of rotatable bonds is 6. The number of carbonyl (C=O) groups is 3. The molecule has 2 aliphatic rings. The summed E-state index contributed by atoms with van der Waals surface area (Å²) in [7, 11) is 0. The van der Waals surface area contributed by atoms with Gasteiger partial charge in [0.25, 0.3) is 17.7 Å². The molecule has 8 heteroatoms. The topological polar surface area (TPSA) is 79.0 Å². The molecule has 0 radical (unpaired) electrons. The van der Waals surface area contributed by atoms with Crippen molar-refractivity contribution in [3.05, 3.63) is 64.8 Å². The number of nitrogens with one attached hydrogen (secondary N) is 1. The molecule has 3 amide bonds. The first kappa shape index (κ1) is 20.9. The fourth-order valence-electron chi connectivity index (χ4n) is 3.65. The van der Waals surface area contributed by atoms with Gasteiger partial charge in [-0.1, -0.05) is 11.6 Å². The number of carbonyl (C=O) groups excluding carboxylic acids is 3. The Morgan fingerprint density at radius 2 is 1.65 bits per heavy atom. The Morgan fingerprint density at radius 1 is 1.00 bits per heavy atom. The molecule has 0 unspecified atom stereocenters. The van der Waals surface area contributed by atoms with Crippen LogP contribution in [0.3, 0.4) is 0 Å². The Bertz CT molecular complexity index is 1040. The summed E-state index contributed by atoms with van der Waals surface area (Å²) in [6.45, 7) is 3.95. The lowest BCUT2D eigenvalue weighted by Crippen LogP contribution is -2.32. The molecule has 2 aromatic carbocycles. The highest BCUT2D eigenvalue weighted by Gasteiger charge is 2.39. The SMILES string of the molecule is CCOc1ccc(N2C(=O)C(Cl)=C(Nc3ccc(C(=O)N4CCCC4)cc3)C2=O)cc1. The molecule has 2 aromatic rings. The minimum Gasteiger partial charge on any atom is -0.494 e. The van der Waals surface area contributed by atoms with Crippen molar-refractivity contribution in [3.63, 3.8) is 0 Å². The zero-order chi connectivity index (χ0) is 22.0. The van der Waals surface area contributed by atoms with Crippen LogP contribution in [0.15, 0.2) is 59.3 Å². The minimum atomic E-state index is -0.598. The molecule has 0 atom stereocenters. The van der Waals surface area contributed by atoms with Crippen molar-refractivity contribution in [3.8, 4) is 5.75 Å². The molecular weight excluding hydrogens is 418 g/mol. The van der Waals surface area contributed by atoms with Gasteiger partial charge in [-0.15, -0.1) is 0 Å². The van der Waals surface area contributed by atoms with E-state index >= 15 is 0 Å². The number of likely N-dealkylation sites (tertiary alicyclic amines) is 1. The Kier molecular flexibility index (Phi) is 5.95. The van der Waals surface area contributed by atoms with Crippen molar-refractivity contribution in [1.82, 2.24) is 4.90 Å². The third-order valence-electron chi connectivity index (χ3n) is 5.23. The Hall–Kier alpha value is -3.32. The van der Waals surface area contributed by atoms with Gasteiger partial charge in [0.15, 0.2) is 0 Å². The van der Waals surface area contributed by atoms with Crippen LogP contribution in [0, 0.1) is 0 Å². The fraction of sp³-hybridized carbons (Fsp3) is 0.261. The van der Waals surface area contributed by atoms with E-state index in [0.717, 1.165) is 30.8 Å². The molecule has 0 spiro atoms. The predicted molar refractivity (Wildman–Crippen MR) is 118 cm³/mol. The predicted octanol–water partition coefficient (Wildman–Crippen LogP) is 3.76. The van der Waals surface area contributed by atoms with E-state index in [-0.39, 0.29) is 16.6 Å². The van der Waals surface area contributed by atoms with E-state index < -0.39 is 11.8 Å². The van der Waals surface area contributed by atoms with Crippen LogP contribution in [0.1, 0.15) is 30.1 Å². The van der Waals surface area contributed by atoms with E-state index in [9.17, 15) is 14.4 Å². The van der Waals surface area contributed by atoms with Crippen molar-refractivity contribution < 1.29 is 19.1 Å². The average molecular weight is 440 g/mol. The highest BCUT2D eigenvalue weighted by Crippen LogP contribution is 2.31. The Morgan fingerprint density at radius 3 is 2.26 bits per heavy atom. The van der Waals surface area contributed by atoms with Crippen molar-refractivity contribution in [2.75, 3.05) is 29.9 Å². The second-order valence-corrected chi connectivity index (χ2v) is 7.64. The van der Waals surface area contributed by atoms with E-state index in [1.165, 1.54) is 0 Å². The van der Waals surface area contributed by atoms with Crippen LogP contribution in [-0.2, 0) is 9.59 Å². The van der Waals surface area contributed by atoms with Gasteiger partial charge in [-0.05, 0) is 68.3 Å². The summed E-state index contributed by atoms with van der Waals surface area (Å²) < 4.78 is 5.39. The van der Waals surface area contributed by atoms with E-state index in [1.807, 2.05) is 11.8 Å². The van der Waals surface area contributed by atoms with Gasteiger partial charge in [-0.3, -0.25) is 14.4 Å². The number of benzene rings is 2. The summed E-state index contributed by atoms with van der Waals surface area (Å²) in [6.07, 6.45) is 2.05. The Labute approximate surface area is 185 Å². The summed E-state index contributed by atoms with van der Waals surface area (Å²) in [5, 5.41) is 2.74. The molecule has 0 aliphatic carbocycles. The van der Waals surface area contributed by atoms with E-state index in [1.54, 1.807) is 48.5 Å². The van der Waals surface area contributed by atoms with Gasteiger partial charge < -0.3 is 15.0 Å². The van der Waals surface area contributed by atoms with Crippen molar-refractivity contribution in [2.24, 2.45) is 0 Å². The molecule has 7 nitrogen and oxygen atoms in total. The van der Waals surface area contributed by atoms with Gasteiger partial charge in [0.05, 0.1) is 12.3 Å². The largest absolute Gasteiger partial charge is 0.494 e. The Balaban J connectivity index is 1.48. The smallest absolute Gasteiger partial charge is 0.283 e. The number of amides is 3. The van der Waals surface area contributed by atoms with Gasteiger partial charge in [-0.2, -0.15) is 0 Å². The molecule has 4 rings (SSSR count). The number of ether oxygens (including phenoxy) is 1. The molecule has 160 valence electrons. The number of hydrogen-bond donors (Lipinski definition) is 1. The minimum absolute atomic E-state index is 0.000768. The molecule has 31 heavy (non-hydrogen) atoms. The summed E-state index contributed by atoms with van der Waals surface area (Å²) in [5.74, 6) is -0.503. The number of nitrogens with zero attached hydrogens (tertiary/aromatic N) is 2. The number of hydrogen-bond acceptors (Lipinski definition) is 5. The van der Waals surface area contributed by atoms with Crippen molar-refractivity contribution in [2.45, 2.75) is 19.8 Å². The second-order valence-electron chi connectivity index (χ2n) is 7.26. The van der Waals surface area contributed by atoms with Gasteiger partial charge >= 0.3 is 0 Å². The van der Waals surface area contributed by atoms with E-state index in [2.05, 4.69) is 5.32 Å². The highest BCUT2D eigenvalue weighted by molar-refractivity contribution is 6.53. The zero-order valence-corrected chi connectivity index (χ0v) is 17.8. The number of imide groups is 1. The molecule has 1 saturated heterocycles. The summed E-state index contributed by atoms with van der Waals surface area (Å²) in [4.78, 5) is 40.8. The van der Waals surface area contributed by atoms with Crippen LogP contribution in [0.5, 0.6) is 5.75 Å². The molecule has 0 aromatic heterocycles. The van der Waals surface area contributed by atoms with Crippen LogP contribution in [-0.4, -0.2) is 42.3 Å². The normalized spacial score (nSPS) is 16.3. The maximum atomic E-state index is 12.9. The maximum absolute atomic E-state index is 12.9. The van der Waals surface area contributed by atoms with Crippen LogP contribution in [0.2, 0.25) is 0 Å². The zero-order valence-electron chi connectivity index (χ0n) is 17.1. The number of halogens is 1. The molecule has 2 heterocycles. The first-order valence-electron chi connectivity index (χ1n) is 10.2. The third kappa shape index (κ3) is 4.14. The monoisotopic (exact) mass is 439 g/mol. The third-order valence-corrected chi connectivity index (χ3v) is 5.58. The standard InChI is InChI=1S/C23H22ClN3O4/c1-2-31-18-11-9-17(10-12-18)27-22(29)19(24)20(23(27)30)25-16-7-5-15(6-8-16)21(28)26-13-3-4-14-26/h5-12,25H,2-4,13-14H2,1H3. The lowest BCUT2D eigenvalue weighted by molar-refractivity contribution is -0.120. The molecule has 2 aliphatic heterocycles. The quantitative estimate of drug-likeness (QED) is 0.693. The van der Waals surface area contributed by atoms with Crippen LogP contribution >= 0.6 is 11.6 Å². The van der Waals surface area contributed by atoms with E-state index in [4.69, 9.17) is 16.3 Å². The maximum Gasteiger partial charge on any atom is 0.283 e. The van der Waals surface area contributed by atoms with Gasteiger partial charge in [0, 0.05) is 24.3 Å². The summed E-state index contributed by atoms with van der Waals surface area (Å²) >= 11 is 6.19. The first-order valence-corrected chi connectivity index (χ1v) is 10.5. The van der Waals surface area contributed by atoms with Crippen LogP contribution in [0.4, 0.5) is 11.4 Å². The molecular formula is C23H22ClN3O4. The number of anilines is 2. The second kappa shape index (κ2) is 8.81. The fourth-order valence-corrected chi connectivity index (χ4v) is 3.86. The van der Waals surface area contributed by atoms with Gasteiger partial charge in [-0.25, -0.2) is 4.90 Å². The highest BCUT2D eigenvalue weighted by atomic mass is 35.5. The average Bonchev–Trinajstić information content (AvgIpc) is 3.39. The molecule has 0 bridgehead atoms. The molecule has 1 fully saturated rings. The lowest BCUT2D eigenvalue weighted by atomic mass is 10.2. The molecule has 1 N–H and O–H groups in total. The van der Waals surface area contributed by atoms with Gasteiger partial charge in [0.1, 0.15) is 16.5 Å². The summed E-state index contributed by atoms with van der Waals surface area (Å²) in [6, 6.07) is 13.4.